The van der Waals surface area contributed by atoms with Crippen LogP contribution in [0, 0.1) is 31.1 Å². The van der Waals surface area contributed by atoms with Crippen LogP contribution in [0.5, 0.6) is 5.75 Å². The molecule has 1 amide bonds. The van der Waals surface area contributed by atoms with Crippen LogP contribution in [-0.4, -0.2) is 64.8 Å². The van der Waals surface area contributed by atoms with Gasteiger partial charge in [-0.1, -0.05) is 17.7 Å². The minimum atomic E-state index is -1.01. The van der Waals surface area contributed by atoms with Gasteiger partial charge in [0.1, 0.15) is 12.4 Å². The first kappa shape index (κ1) is 27.7. The zero-order chi connectivity index (χ0) is 28.7. The number of ether oxygens (including phenoxy) is 1. The Morgan fingerprint density at radius 3 is 2.51 bits per heavy atom. The standard InChI is InChI=1S/C32H37N3O5S/c1-20-6-9-28(40-17-23-8-7-22(13-21(23)2)29(37)34-10-4-3-5-11-34)26(12-20)27-18-41-31(33-27)35-15-24-14-25(16-35)32(24,19-36)30(38)39/h6-9,12-13,18,24-25,36H,3-5,10-11,14-17,19H2,1-2H3,(H,38,39). The molecule has 9 heteroatoms. The molecule has 2 N–H and O–H groups in total. The molecule has 4 aliphatic rings. The molecule has 0 spiro atoms. The van der Waals surface area contributed by atoms with Crippen molar-refractivity contribution >= 4 is 28.3 Å². The van der Waals surface area contributed by atoms with Crippen molar-refractivity contribution in [1.29, 1.82) is 0 Å². The Labute approximate surface area is 244 Å². The van der Waals surface area contributed by atoms with Gasteiger partial charge in [0.2, 0.25) is 0 Å². The zero-order valence-corrected chi connectivity index (χ0v) is 24.5. The van der Waals surface area contributed by atoms with Gasteiger partial charge in [-0.15, -0.1) is 11.3 Å². The van der Waals surface area contributed by atoms with Crippen LogP contribution in [0.25, 0.3) is 11.3 Å². The second-order valence-corrected chi connectivity index (χ2v) is 12.7. The normalized spacial score (nSPS) is 23.7. The number of rotatable bonds is 8. The van der Waals surface area contributed by atoms with E-state index >= 15 is 0 Å². The van der Waals surface area contributed by atoms with Crippen LogP contribution in [-0.2, 0) is 11.4 Å². The lowest BCUT2D eigenvalue weighted by Crippen LogP contribution is -2.67. The van der Waals surface area contributed by atoms with E-state index in [1.165, 1.54) is 6.42 Å². The fourth-order valence-corrected chi connectivity index (χ4v) is 7.62. The van der Waals surface area contributed by atoms with Crippen molar-refractivity contribution in [2.75, 3.05) is 37.7 Å². The zero-order valence-electron chi connectivity index (χ0n) is 23.6. The van der Waals surface area contributed by atoms with Gasteiger partial charge in [-0.05, 0) is 86.8 Å². The fraction of sp³-hybridized carbons (Fsp3) is 0.469. The molecule has 7 rings (SSSR count). The highest BCUT2D eigenvalue weighted by atomic mass is 32.1. The van der Waals surface area contributed by atoms with Crippen molar-refractivity contribution in [3.05, 3.63) is 64.0 Å². The summed E-state index contributed by atoms with van der Waals surface area (Å²) in [6, 6.07) is 12.0. The number of nitrogens with zero attached hydrogens (tertiary/aromatic N) is 3. The Bertz CT molecular complexity index is 1450. The number of likely N-dealkylation sites (tertiary alicyclic amines) is 1. The smallest absolute Gasteiger partial charge is 0.312 e. The summed E-state index contributed by atoms with van der Waals surface area (Å²) in [5, 5.41) is 22.5. The van der Waals surface area contributed by atoms with E-state index in [4.69, 9.17) is 9.72 Å². The van der Waals surface area contributed by atoms with Gasteiger partial charge in [0.05, 0.1) is 17.7 Å². The van der Waals surface area contributed by atoms with Crippen LogP contribution >= 0.6 is 11.3 Å². The highest BCUT2D eigenvalue weighted by molar-refractivity contribution is 7.14. The average Bonchev–Trinajstić information content (AvgIpc) is 3.48. The van der Waals surface area contributed by atoms with E-state index < -0.39 is 11.4 Å². The maximum absolute atomic E-state index is 12.9. The van der Waals surface area contributed by atoms with Gasteiger partial charge < -0.3 is 24.7 Å². The van der Waals surface area contributed by atoms with Gasteiger partial charge in [0, 0.05) is 42.7 Å². The number of carbonyl (C=O) groups excluding carboxylic acids is 1. The van der Waals surface area contributed by atoms with Crippen molar-refractivity contribution < 1.29 is 24.5 Å². The number of hydrogen-bond donors (Lipinski definition) is 2. The van der Waals surface area contributed by atoms with Gasteiger partial charge in [-0.25, -0.2) is 4.98 Å². The Morgan fingerprint density at radius 2 is 1.83 bits per heavy atom. The van der Waals surface area contributed by atoms with Crippen molar-refractivity contribution in [3.63, 3.8) is 0 Å². The van der Waals surface area contributed by atoms with Crippen molar-refractivity contribution in [2.24, 2.45) is 17.3 Å². The minimum absolute atomic E-state index is 0.0706. The molecule has 41 heavy (non-hydrogen) atoms. The molecule has 0 radical (unpaired) electrons. The number of carboxylic acid groups (broad SMARTS) is 1. The summed E-state index contributed by atoms with van der Waals surface area (Å²) in [6.07, 6.45) is 4.18. The average molecular weight is 576 g/mol. The SMILES string of the molecule is Cc1ccc(OCc2ccc(C(=O)N3CCCCC3)cc2C)c(-c2csc(N3CC4CC(C3)C4(CO)C(=O)O)n2)c1. The van der Waals surface area contributed by atoms with Gasteiger partial charge >= 0.3 is 5.97 Å². The van der Waals surface area contributed by atoms with E-state index in [1.54, 1.807) is 11.3 Å². The lowest BCUT2D eigenvalue weighted by Gasteiger charge is -2.59. The van der Waals surface area contributed by atoms with E-state index in [1.807, 2.05) is 54.5 Å². The number of piperidine rings is 3. The molecule has 2 atom stereocenters. The second-order valence-electron chi connectivity index (χ2n) is 11.8. The molecule has 3 saturated heterocycles. The van der Waals surface area contributed by atoms with Gasteiger partial charge in [-0.2, -0.15) is 0 Å². The van der Waals surface area contributed by atoms with Crippen LogP contribution in [0.2, 0.25) is 0 Å². The third kappa shape index (κ3) is 4.99. The molecule has 4 heterocycles. The summed E-state index contributed by atoms with van der Waals surface area (Å²) in [6.45, 7) is 6.98. The number of aliphatic carboxylic acids is 1. The number of aliphatic hydroxyl groups is 1. The summed E-state index contributed by atoms with van der Waals surface area (Å²) in [4.78, 5) is 33.9. The maximum atomic E-state index is 12.9. The monoisotopic (exact) mass is 575 g/mol. The highest BCUT2D eigenvalue weighted by Gasteiger charge is 2.63. The molecule has 3 aliphatic heterocycles. The molecule has 8 nitrogen and oxygen atoms in total. The molecule has 2 bridgehead atoms. The Morgan fingerprint density at radius 1 is 1.07 bits per heavy atom. The van der Waals surface area contributed by atoms with Crippen LogP contribution in [0.4, 0.5) is 5.13 Å². The summed E-state index contributed by atoms with van der Waals surface area (Å²) in [5.74, 6) is -0.179. The maximum Gasteiger partial charge on any atom is 0.312 e. The fourth-order valence-electron chi connectivity index (χ4n) is 6.78. The molecule has 1 aromatic heterocycles. The molecular weight excluding hydrogens is 538 g/mol. The summed E-state index contributed by atoms with van der Waals surface area (Å²) < 4.78 is 6.34. The third-order valence-corrected chi connectivity index (χ3v) is 10.3. The van der Waals surface area contributed by atoms with Gasteiger partial charge in [0.25, 0.3) is 5.91 Å². The van der Waals surface area contributed by atoms with Crippen LogP contribution in [0.15, 0.2) is 41.8 Å². The Balaban J connectivity index is 1.16. The molecule has 2 aromatic carbocycles. The number of anilines is 1. The molecule has 216 valence electrons. The second kappa shape index (κ2) is 11.1. The molecule has 1 aliphatic carbocycles. The van der Waals surface area contributed by atoms with Crippen LogP contribution in [0.1, 0.15) is 52.7 Å². The van der Waals surface area contributed by atoms with E-state index in [0.29, 0.717) is 19.7 Å². The van der Waals surface area contributed by atoms with Crippen molar-refractivity contribution in [3.8, 4) is 17.0 Å². The third-order valence-electron chi connectivity index (χ3n) is 9.36. The summed E-state index contributed by atoms with van der Waals surface area (Å²) in [5.41, 5.74) is 4.63. The number of aryl methyl sites for hydroxylation is 2. The van der Waals surface area contributed by atoms with Crippen molar-refractivity contribution in [2.45, 2.75) is 46.1 Å². The largest absolute Gasteiger partial charge is 0.488 e. The number of benzene rings is 2. The molecule has 4 fully saturated rings. The molecule has 2 unspecified atom stereocenters. The number of aliphatic hydroxyl groups excluding tert-OH is 1. The van der Waals surface area contributed by atoms with Gasteiger partial charge in [-0.3, -0.25) is 9.59 Å². The molecule has 3 aromatic rings. The van der Waals surface area contributed by atoms with E-state index in [0.717, 1.165) is 76.7 Å². The van der Waals surface area contributed by atoms with E-state index in [-0.39, 0.29) is 24.3 Å². The Hall–Kier alpha value is -3.43. The molecule has 1 saturated carbocycles. The predicted molar refractivity (Wildman–Crippen MR) is 159 cm³/mol. The summed E-state index contributed by atoms with van der Waals surface area (Å²) in [7, 11) is 0. The van der Waals surface area contributed by atoms with Crippen molar-refractivity contribution in [1.82, 2.24) is 9.88 Å². The summed E-state index contributed by atoms with van der Waals surface area (Å²) >= 11 is 1.55. The number of carboxylic acids is 1. The van der Waals surface area contributed by atoms with Crippen LogP contribution < -0.4 is 9.64 Å². The van der Waals surface area contributed by atoms with Gasteiger partial charge in [0.15, 0.2) is 5.13 Å². The lowest BCUT2D eigenvalue weighted by molar-refractivity contribution is -0.181. The first-order chi connectivity index (χ1) is 19.8. The number of aromatic nitrogens is 1. The lowest BCUT2D eigenvalue weighted by atomic mass is 9.50. The Kier molecular flexibility index (Phi) is 7.50. The van der Waals surface area contributed by atoms with E-state index in [2.05, 4.69) is 11.0 Å². The predicted octanol–water partition coefficient (Wildman–Crippen LogP) is 5.15. The number of amides is 1. The first-order valence-corrected chi connectivity index (χ1v) is 15.4. The number of fused-ring (bicyclic) bond motifs is 2. The topological polar surface area (TPSA) is 103 Å². The number of carbonyl (C=O) groups is 2. The van der Waals surface area contributed by atoms with E-state index in [9.17, 15) is 19.8 Å². The quantitative estimate of drug-likeness (QED) is 0.383. The first-order valence-electron chi connectivity index (χ1n) is 14.5. The highest BCUT2D eigenvalue weighted by Crippen LogP contribution is 2.56. The number of hydrogen-bond acceptors (Lipinski definition) is 7. The molecular formula is C32H37N3O5S. The van der Waals surface area contributed by atoms with Crippen LogP contribution in [0.3, 0.4) is 0 Å². The number of thiazole rings is 1. The minimum Gasteiger partial charge on any atom is -0.488 e.